The fourth-order valence-corrected chi connectivity index (χ4v) is 4.33. The lowest BCUT2D eigenvalue weighted by atomic mass is 9.71. The first kappa shape index (κ1) is 16.2. The standard InChI is InChI=1S/C22H24N2O/c23-17-22(12-7-15-24-13-5-6-14-24)19-9-2-1-8-18(19)16-25-21-11-4-3-10-20(21)22/h1-4,8-11H,5-7,12-16H2. The van der Waals surface area contributed by atoms with E-state index in [2.05, 4.69) is 29.2 Å². The molecular formula is C22H24N2O. The molecule has 0 aliphatic carbocycles. The lowest BCUT2D eigenvalue weighted by Gasteiger charge is -2.29. The summed E-state index contributed by atoms with van der Waals surface area (Å²) in [5, 5.41) is 10.3. The van der Waals surface area contributed by atoms with E-state index in [0.29, 0.717) is 6.61 Å². The van der Waals surface area contributed by atoms with Gasteiger partial charge in [-0.15, -0.1) is 0 Å². The van der Waals surface area contributed by atoms with Crippen molar-refractivity contribution in [2.24, 2.45) is 0 Å². The molecule has 0 aromatic heterocycles. The molecule has 0 saturated carbocycles. The van der Waals surface area contributed by atoms with Gasteiger partial charge in [0.05, 0.1) is 6.07 Å². The van der Waals surface area contributed by atoms with Gasteiger partial charge in [-0.25, -0.2) is 0 Å². The first-order valence-corrected chi connectivity index (χ1v) is 9.28. The maximum Gasteiger partial charge on any atom is 0.124 e. The van der Waals surface area contributed by atoms with Gasteiger partial charge in [-0.05, 0) is 62.5 Å². The molecule has 128 valence electrons. The van der Waals surface area contributed by atoms with Crippen LogP contribution in [0.2, 0.25) is 0 Å². The molecule has 3 heteroatoms. The molecule has 2 aromatic carbocycles. The molecule has 1 atom stereocenters. The number of nitrogens with zero attached hydrogens (tertiary/aromatic N) is 2. The Morgan fingerprint density at radius 2 is 1.72 bits per heavy atom. The summed E-state index contributed by atoms with van der Waals surface area (Å²) in [5.74, 6) is 0.849. The quantitative estimate of drug-likeness (QED) is 0.839. The molecule has 0 bridgehead atoms. The summed E-state index contributed by atoms with van der Waals surface area (Å²) in [5.41, 5.74) is 2.64. The average Bonchev–Trinajstić information content (AvgIpc) is 3.13. The highest BCUT2D eigenvalue weighted by Crippen LogP contribution is 2.44. The molecule has 0 radical (unpaired) electrons. The van der Waals surface area contributed by atoms with Crippen molar-refractivity contribution in [2.75, 3.05) is 19.6 Å². The van der Waals surface area contributed by atoms with Crippen LogP contribution in [0, 0.1) is 11.3 Å². The number of hydrogen-bond acceptors (Lipinski definition) is 3. The second-order valence-electron chi connectivity index (χ2n) is 7.11. The molecular weight excluding hydrogens is 308 g/mol. The van der Waals surface area contributed by atoms with E-state index in [-0.39, 0.29) is 0 Å². The smallest absolute Gasteiger partial charge is 0.124 e. The van der Waals surface area contributed by atoms with E-state index in [1.165, 1.54) is 25.9 Å². The van der Waals surface area contributed by atoms with Crippen LogP contribution in [0.25, 0.3) is 0 Å². The van der Waals surface area contributed by atoms with Crippen LogP contribution in [0.4, 0.5) is 0 Å². The van der Waals surface area contributed by atoms with Crippen LogP contribution in [-0.2, 0) is 12.0 Å². The van der Waals surface area contributed by atoms with Gasteiger partial charge in [0.2, 0.25) is 0 Å². The van der Waals surface area contributed by atoms with E-state index in [4.69, 9.17) is 4.74 Å². The molecule has 0 spiro atoms. The lowest BCUT2D eigenvalue weighted by molar-refractivity contribution is 0.305. The van der Waals surface area contributed by atoms with Gasteiger partial charge in [-0.2, -0.15) is 5.26 Å². The summed E-state index contributed by atoms with van der Waals surface area (Å²) in [6.07, 6.45) is 4.47. The van der Waals surface area contributed by atoms with Crippen molar-refractivity contribution in [3.8, 4) is 11.8 Å². The molecule has 1 saturated heterocycles. The van der Waals surface area contributed by atoms with Crippen LogP contribution in [-0.4, -0.2) is 24.5 Å². The average molecular weight is 332 g/mol. The number of para-hydroxylation sites is 1. The van der Waals surface area contributed by atoms with Crippen molar-refractivity contribution in [2.45, 2.75) is 37.7 Å². The molecule has 2 aromatic rings. The van der Waals surface area contributed by atoms with E-state index < -0.39 is 5.41 Å². The zero-order valence-electron chi connectivity index (χ0n) is 14.6. The fraction of sp³-hybridized carbons (Fsp3) is 0.409. The molecule has 25 heavy (non-hydrogen) atoms. The Balaban J connectivity index is 1.72. The Labute approximate surface area is 149 Å². The minimum atomic E-state index is -0.622. The van der Waals surface area contributed by atoms with Gasteiger partial charge in [0.1, 0.15) is 17.8 Å². The van der Waals surface area contributed by atoms with E-state index >= 15 is 0 Å². The number of hydrogen-bond donors (Lipinski definition) is 0. The number of benzene rings is 2. The third-order valence-electron chi connectivity index (χ3n) is 5.62. The second-order valence-corrected chi connectivity index (χ2v) is 7.11. The largest absolute Gasteiger partial charge is 0.489 e. The lowest BCUT2D eigenvalue weighted by Crippen LogP contribution is -2.29. The van der Waals surface area contributed by atoms with Crippen LogP contribution in [0.3, 0.4) is 0 Å². The van der Waals surface area contributed by atoms with Gasteiger partial charge in [0, 0.05) is 5.56 Å². The molecule has 2 heterocycles. The zero-order valence-corrected chi connectivity index (χ0v) is 14.6. The zero-order chi connectivity index (χ0) is 17.1. The van der Waals surface area contributed by atoms with Crippen molar-refractivity contribution in [1.82, 2.24) is 4.90 Å². The molecule has 1 unspecified atom stereocenters. The highest BCUT2D eigenvalue weighted by molar-refractivity contribution is 5.55. The minimum absolute atomic E-state index is 0.530. The SMILES string of the molecule is N#CC1(CCCN2CCCC2)c2ccccc2COc2ccccc21. The summed E-state index contributed by atoms with van der Waals surface area (Å²) in [7, 11) is 0. The number of likely N-dealkylation sites (tertiary alicyclic amines) is 1. The Morgan fingerprint density at radius 3 is 2.52 bits per heavy atom. The van der Waals surface area contributed by atoms with Gasteiger partial charge in [-0.3, -0.25) is 0 Å². The number of nitriles is 1. The van der Waals surface area contributed by atoms with Crippen molar-refractivity contribution in [1.29, 1.82) is 5.26 Å². The molecule has 2 aliphatic heterocycles. The van der Waals surface area contributed by atoms with Crippen LogP contribution in [0.5, 0.6) is 5.75 Å². The molecule has 2 aliphatic rings. The Morgan fingerprint density at radius 1 is 1.00 bits per heavy atom. The minimum Gasteiger partial charge on any atom is -0.489 e. The summed E-state index contributed by atoms with van der Waals surface area (Å²) >= 11 is 0. The van der Waals surface area contributed by atoms with E-state index in [9.17, 15) is 5.26 Å². The van der Waals surface area contributed by atoms with Gasteiger partial charge < -0.3 is 9.64 Å². The summed E-state index contributed by atoms with van der Waals surface area (Å²) in [4.78, 5) is 2.52. The monoisotopic (exact) mass is 332 g/mol. The fourth-order valence-electron chi connectivity index (χ4n) is 4.33. The van der Waals surface area contributed by atoms with E-state index in [1.807, 2.05) is 30.3 Å². The second kappa shape index (κ2) is 6.90. The highest BCUT2D eigenvalue weighted by atomic mass is 16.5. The normalized spacial score (nSPS) is 22.4. The van der Waals surface area contributed by atoms with Crippen LogP contribution >= 0.6 is 0 Å². The Kier molecular flexibility index (Phi) is 4.46. The summed E-state index contributed by atoms with van der Waals surface area (Å²) in [6, 6.07) is 19.0. The van der Waals surface area contributed by atoms with E-state index in [1.54, 1.807) is 0 Å². The van der Waals surface area contributed by atoms with Crippen molar-refractivity contribution >= 4 is 0 Å². The van der Waals surface area contributed by atoms with Gasteiger partial charge in [0.25, 0.3) is 0 Å². The van der Waals surface area contributed by atoms with Crippen molar-refractivity contribution < 1.29 is 4.74 Å². The van der Waals surface area contributed by atoms with Gasteiger partial charge in [-0.1, -0.05) is 42.5 Å². The predicted octanol–water partition coefficient (Wildman–Crippen LogP) is 4.26. The van der Waals surface area contributed by atoms with Crippen LogP contribution in [0.15, 0.2) is 48.5 Å². The molecule has 0 N–H and O–H groups in total. The number of rotatable bonds is 4. The first-order valence-electron chi connectivity index (χ1n) is 9.28. The van der Waals surface area contributed by atoms with Crippen molar-refractivity contribution in [3.63, 3.8) is 0 Å². The Bertz CT molecular complexity index is 739. The van der Waals surface area contributed by atoms with Crippen LogP contribution in [0.1, 0.15) is 42.4 Å². The molecule has 3 nitrogen and oxygen atoms in total. The van der Waals surface area contributed by atoms with Gasteiger partial charge >= 0.3 is 0 Å². The first-order chi connectivity index (χ1) is 12.3. The molecule has 4 rings (SSSR count). The predicted molar refractivity (Wildman–Crippen MR) is 98.5 cm³/mol. The maximum absolute atomic E-state index is 10.3. The molecule has 1 fully saturated rings. The number of ether oxygens (including phenoxy) is 1. The van der Waals surface area contributed by atoms with Crippen LogP contribution < -0.4 is 4.74 Å². The third-order valence-corrected chi connectivity index (χ3v) is 5.62. The number of fused-ring (bicyclic) bond motifs is 2. The van der Waals surface area contributed by atoms with Gasteiger partial charge in [0.15, 0.2) is 0 Å². The topological polar surface area (TPSA) is 36.3 Å². The molecule has 0 amide bonds. The maximum atomic E-state index is 10.3. The summed E-state index contributed by atoms with van der Waals surface area (Å²) < 4.78 is 6.05. The Hall–Kier alpha value is -2.31. The third kappa shape index (κ3) is 2.92. The summed E-state index contributed by atoms with van der Waals surface area (Å²) in [6.45, 7) is 4.02. The van der Waals surface area contributed by atoms with E-state index in [0.717, 1.165) is 41.8 Å². The highest BCUT2D eigenvalue weighted by Gasteiger charge is 2.40. The van der Waals surface area contributed by atoms with Crippen molar-refractivity contribution in [3.05, 3.63) is 65.2 Å².